The molecule has 2 aromatic rings. The van der Waals surface area contributed by atoms with Crippen molar-refractivity contribution < 1.29 is 22.7 Å². The number of carbonyl (C=O) groups is 1. The molecule has 8 heteroatoms. The zero-order valence-electron chi connectivity index (χ0n) is 17.4. The van der Waals surface area contributed by atoms with Gasteiger partial charge in [0.1, 0.15) is 12.4 Å². The molecule has 2 aromatic carbocycles. The molecule has 0 aromatic heterocycles. The predicted molar refractivity (Wildman–Crippen MR) is 117 cm³/mol. The number of piperidine rings is 1. The average molecular weight is 445 g/mol. The lowest BCUT2D eigenvalue weighted by Gasteiger charge is -2.32. The van der Waals surface area contributed by atoms with Crippen molar-refractivity contribution in [3.63, 3.8) is 0 Å². The first kappa shape index (κ1) is 21.8. The highest BCUT2D eigenvalue weighted by atomic mass is 32.2. The summed E-state index contributed by atoms with van der Waals surface area (Å²) in [7, 11) is -3.55. The summed E-state index contributed by atoms with van der Waals surface area (Å²) in [4.78, 5) is 15.0. The fourth-order valence-corrected chi connectivity index (χ4v) is 5.28. The van der Waals surface area contributed by atoms with Crippen molar-refractivity contribution in [3.05, 3.63) is 60.2 Å². The molecule has 7 nitrogen and oxygen atoms in total. The van der Waals surface area contributed by atoms with Crippen molar-refractivity contribution in [2.75, 3.05) is 26.3 Å². The molecule has 166 valence electrons. The van der Waals surface area contributed by atoms with Gasteiger partial charge < -0.3 is 14.4 Å². The largest absolute Gasteiger partial charge is 0.491 e. The molecular weight excluding hydrogens is 416 g/mol. The summed E-state index contributed by atoms with van der Waals surface area (Å²) in [5.41, 5.74) is 0.577. The molecule has 1 unspecified atom stereocenters. The van der Waals surface area contributed by atoms with Crippen molar-refractivity contribution >= 4 is 15.9 Å². The number of ether oxygens (including phenoxy) is 2. The molecule has 1 N–H and O–H groups in total. The molecule has 0 aliphatic carbocycles. The topological polar surface area (TPSA) is 84.9 Å². The number of benzene rings is 2. The lowest BCUT2D eigenvalue weighted by Crippen LogP contribution is -2.46. The molecule has 0 spiro atoms. The van der Waals surface area contributed by atoms with Crippen LogP contribution in [-0.2, 0) is 14.8 Å². The Hall–Kier alpha value is -2.42. The van der Waals surface area contributed by atoms with Crippen LogP contribution in [0.25, 0.3) is 0 Å². The van der Waals surface area contributed by atoms with Crippen molar-refractivity contribution in [1.82, 2.24) is 9.62 Å². The average Bonchev–Trinajstić information content (AvgIpc) is 3.32. The SMILES string of the molecule is O=C(c1cccc(OCC2CCCO2)c1)N1CCC(NS(=O)(=O)c2ccccc2)CC1. The van der Waals surface area contributed by atoms with E-state index in [1.54, 1.807) is 47.4 Å². The zero-order valence-corrected chi connectivity index (χ0v) is 18.2. The van der Waals surface area contributed by atoms with Gasteiger partial charge in [0.15, 0.2) is 0 Å². The molecule has 0 radical (unpaired) electrons. The van der Waals surface area contributed by atoms with Gasteiger partial charge in [0.2, 0.25) is 10.0 Å². The third-order valence-corrected chi connectivity index (χ3v) is 7.23. The van der Waals surface area contributed by atoms with E-state index in [2.05, 4.69) is 4.72 Å². The van der Waals surface area contributed by atoms with Gasteiger partial charge in [-0.1, -0.05) is 24.3 Å². The first-order chi connectivity index (χ1) is 15.0. The van der Waals surface area contributed by atoms with Crippen LogP contribution < -0.4 is 9.46 Å². The molecule has 31 heavy (non-hydrogen) atoms. The highest BCUT2D eigenvalue weighted by Crippen LogP contribution is 2.21. The highest BCUT2D eigenvalue weighted by Gasteiger charge is 2.27. The third kappa shape index (κ3) is 5.64. The van der Waals surface area contributed by atoms with E-state index in [0.717, 1.165) is 19.4 Å². The summed E-state index contributed by atoms with van der Waals surface area (Å²) in [6, 6.07) is 15.4. The lowest BCUT2D eigenvalue weighted by atomic mass is 10.0. The van der Waals surface area contributed by atoms with E-state index < -0.39 is 10.0 Å². The molecular formula is C23H28N2O5S. The van der Waals surface area contributed by atoms with E-state index >= 15 is 0 Å². The van der Waals surface area contributed by atoms with E-state index in [4.69, 9.17) is 9.47 Å². The van der Waals surface area contributed by atoms with Crippen LogP contribution in [0.5, 0.6) is 5.75 Å². The van der Waals surface area contributed by atoms with Gasteiger partial charge in [-0.25, -0.2) is 13.1 Å². The maximum atomic E-state index is 12.9. The maximum Gasteiger partial charge on any atom is 0.253 e. The zero-order chi connectivity index (χ0) is 21.7. The number of likely N-dealkylation sites (tertiary alicyclic amines) is 1. The number of rotatable bonds is 7. The number of hydrogen-bond acceptors (Lipinski definition) is 5. The second-order valence-corrected chi connectivity index (χ2v) is 9.69. The predicted octanol–water partition coefficient (Wildman–Crippen LogP) is 2.83. The molecule has 0 saturated carbocycles. The summed E-state index contributed by atoms with van der Waals surface area (Å²) in [6.07, 6.45) is 3.34. The Morgan fingerprint density at radius 1 is 1.06 bits per heavy atom. The second kappa shape index (κ2) is 9.80. The fraction of sp³-hybridized carbons (Fsp3) is 0.435. The van der Waals surface area contributed by atoms with Crippen LogP contribution in [0.1, 0.15) is 36.0 Å². The monoisotopic (exact) mass is 444 g/mol. The minimum absolute atomic E-state index is 0.0630. The van der Waals surface area contributed by atoms with Crippen LogP contribution in [0.4, 0.5) is 0 Å². The minimum atomic E-state index is -3.55. The Morgan fingerprint density at radius 3 is 2.55 bits per heavy atom. The molecule has 1 atom stereocenters. The van der Waals surface area contributed by atoms with E-state index in [0.29, 0.717) is 43.9 Å². The number of amides is 1. The molecule has 2 saturated heterocycles. The van der Waals surface area contributed by atoms with Crippen LogP contribution in [-0.4, -0.2) is 57.7 Å². The van der Waals surface area contributed by atoms with Crippen molar-refractivity contribution in [3.8, 4) is 5.75 Å². The Labute approximate surface area is 183 Å². The van der Waals surface area contributed by atoms with Gasteiger partial charge in [-0.2, -0.15) is 0 Å². The van der Waals surface area contributed by atoms with E-state index in [1.165, 1.54) is 0 Å². The summed E-state index contributed by atoms with van der Waals surface area (Å²) < 4.78 is 39.2. The van der Waals surface area contributed by atoms with Crippen LogP contribution >= 0.6 is 0 Å². The van der Waals surface area contributed by atoms with E-state index in [9.17, 15) is 13.2 Å². The van der Waals surface area contributed by atoms with Gasteiger partial charge >= 0.3 is 0 Å². The Kier molecular flexibility index (Phi) is 6.89. The lowest BCUT2D eigenvalue weighted by molar-refractivity contribution is 0.0674. The van der Waals surface area contributed by atoms with E-state index in [1.807, 2.05) is 12.1 Å². The Bertz CT molecular complexity index is 982. The van der Waals surface area contributed by atoms with Crippen LogP contribution in [0.2, 0.25) is 0 Å². The number of hydrogen-bond donors (Lipinski definition) is 1. The van der Waals surface area contributed by atoms with Gasteiger partial charge in [0.25, 0.3) is 5.91 Å². The van der Waals surface area contributed by atoms with Gasteiger partial charge in [0, 0.05) is 31.3 Å². The van der Waals surface area contributed by atoms with Crippen LogP contribution in [0, 0.1) is 0 Å². The van der Waals surface area contributed by atoms with Crippen molar-refractivity contribution in [2.45, 2.75) is 42.7 Å². The normalized spacial score (nSPS) is 20.0. The molecule has 2 heterocycles. The summed E-state index contributed by atoms with van der Waals surface area (Å²) in [5.74, 6) is 0.596. The fourth-order valence-electron chi connectivity index (χ4n) is 3.95. The third-order valence-electron chi connectivity index (χ3n) is 5.70. The molecule has 0 bridgehead atoms. The maximum absolute atomic E-state index is 12.9. The Balaban J connectivity index is 1.30. The van der Waals surface area contributed by atoms with E-state index in [-0.39, 0.29) is 22.9 Å². The van der Waals surface area contributed by atoms with Crippen LogP contribution in [0.3, 0.4) is 0 Å². The quantitative estimate of drug-likeness (QED) is 0.710. The molecule has 2 aliphatic rings. The molecule has 2 aliphatic heterocycles. The van der Waals surface area contributed by atoms with Gasteiger partial charge in [-0.15, -0.1) is 0 Å². The standard InChI is InChI=1S/C23H28N2O5S/c26-23(18-6-4-7-20(16-18)30-17-21-8-5-15-29-21)25-13-11-19(12-14-25)24-31(27,28)22-9-2-1-3-10-22/h1-4,6-7,9-10,16,19,21,24H,5,8,11-15,17H2. The number of sulfonamides is 1. The molecule has 2 fully saturated rings. The van der Waals surface area contributed by atoms with Crippen molar-refractivity contribution in [2.24, 2.45) is 0 Å². The van der Waals surface area contributed by atoms with Crippen LogP contribution in [0.15, 0.2) is 59.5 Å². The first-order valence-electron chi connectivity index (χ1n) is 10.7. The number of nitrogens with one attached hydrogen (secondary N) is 1. The first-order valence-corrected chi connectivity index (χ1v) is 12.2. The summed E-state index contributed by atoms with van der Waals surface area (Å²) in [6.45, 7) is 2.28. The van der Waals surface area contributed by atoms with Crippen molar-refractivity contribution in [1.29, 1.82) is 0 Å². The smallest absolute Gasteiger partial charge is 0.253 e. The summed E-state index contributed by atoms with van der Waals surface area (Å²) >= 11 is 0. The second-order valence-electron chi connectivity index (χ2n) is 7.97. The molecule has 1 amide bonds. The number of carbonyl (C=O) groups excluding carboxylic acids is 1. The minimum Gasteiger partial charge on any atom is -0.491 e. The highest BCUT2D eigenvalue weighted by molar-refractivity contribution is 7.89. The molecule has 4 rings (SSSR count). The summed E-state index contributed by atoms with van der Waals surface area (Å²) in [5, 5.41) is 0. The van der Waals surface area contributed by atoms with Gasteiger partial charge in [-0.05, 0) is 56.0 Å². The van der Waals surface area contributed by atoms with Gasteiger partial charge in [0.05, 0.1) is 11.0 Å². The number of nitrogens with zero attached hydrogens (tertiary/aromatic N) is 1. The van der Waals surface area contributed by atoms with Gasteiger partial charge in [-0.3, -0.25) is 4.79 Å². The Morgan fingerprint density at radius 2 is 1.84 bits per heavy atom.